The van der Waals surface area contributed by atoms with Crippen LogP contribution in [0.3, 0.4) is 0 Å². The third-order valence-corrected chi connectivity index (χ3v) is 4.95. The van der Waals surface area contributed by atoms with Crippen molar-refractivity contribution >= 4 is 5.91 Å². The van der Waals surface area contributed by atoms with Gasteiger partial charge in [-0.1, -0.05) is 42.5 Å². The highest BCUT2D eigenvalue weighted by molar-refractivity contribution is 5.97. The molecular formula is C20H21NO3. The number of nitrogens with one attached hydrogen (secondary N) is 1. The molecule has 1 N–H and O–H groups in total. The van der Waals surface area contributed by atoms with E-state index < -0.39 is 0 Å². The van der Waals surface area contributed by atoms with Gasteiger partial charge in [0.05, 0.1) is 11.7 Å². The lowest BCUT2D eigenvalue weighted by molar-refractivity contribution is 0.00806. The predicted molar refractivity (Wildman–Crippen MR) is 90.9 cm³/mol. The molecule has 4 nitrogen and oxygen atoms in total. The summed E-state index contributed by atoms with van der Waals surface area (Å²) in [6, 6.07) is 17.6. The van der Waals surface area contributed by atoms with E-state index in [1.165, 1.54) is 0 Å². The lowest BCUT2D eigenvalue weighted by Crippen LogP contribution is -2.53. The van der Waals surface area contributed by atoms with Gasteiger partial charge in [-0.2, -0.15) is 0 Å². The molecule has 0 aromatic heterocycles. The highest BCUT2D eigenvalue weighted by Crippen LogP contribution is 2.38. The van der Waals surface area contributed by atoms with Crippen LogP contribution in [0.4, 0.5) is 0 Å². The molecule has 2 fully saturated rings. The van der Waals surface area contributed by atoms with Gasteiger partial charge in [-0.25, -0.2) is 0 Å². The van der Waals surface area contributed by atoms with Gasteiger partial charge in [0.1, 0.15) is 12.4 Å². The van der Waals surface area contributed by atoms with Crippen LogP contribution in [0.2, 0.25) is 0 Å². The Morgan fingerprint density at radius 3 is 2.75 bits per heavy atom. The van der Waals surface area contributed by atoms with Crippen LogP contribution >= 0.6 is 0 Å². The molecule has 0 spiro atoms. The number of carbonyl (C=O) groups excluding carboxylic acids is 1. The maximum Gasteiger partial charge on any atom is 0.255 e. The van der Waals surface area contributed by atoms with Crippen molar-refractivity contribution in [3.8, 4) is 5.75 Å². The first kappa shape index (κ1) is 15.2. The molecule has 0 unspecified atom stereocenters. The van der Waals surface area contributed by atoms with E-state index in [4.69, 9.17) is 9.47 Å². The first-order chi connectivity index (χ1) is 11.8. The molecule has 0 radical (unpaired) electrons. The third kappa shape index (κ3) is 3.02. The van der Waals surface area contributed by atoms with E-state index in [0.717, 1.165) is 25.0 Å². The van der Waals surface area contributed by atoms with Crippen LogP contribution in [0.1, 0.15) is 28.8 Å². The summed E-state index contributed by atoms with van der Waals surface area (Å²) in [5.74, 6) is 1.04. The van der Waals surface area contributed by atoms with Crippen molar-refractivity contribution in [2.75, 3.05) is 6.61 Å². The summed E-state index contributed by atoms with van der Waals surface area (Å²) in [4.78, 5) is 12.6. The number of hydrogen-bond donors (Lipinski definition) is 1. The fourth-order valence-corrected chi connectivity index (χ4v) is 3.52. The Balaban J connectivity index is 1.42. The van der Waals surface area contributed by atoms with E-state index in [-0.39, 0.29) is 11.9 Å². The molecular weight excluding hydrogens is 302 g/mol. The summed E-state index contributed by atoms with van der Waals surface area (Å²) in [5.41, 5.74) is 1.67. The van der Waals surface area contributed by atoms with E-state index in [2.05, 4.69) is 5.32 Å². The molecule has 1 aliphatic carbocycles. The molecule has 2 aromatic carbocycles. The number of benzene rings is 2. The first-order valence-corrected chi connectivity index (χ1v) is 8.49. The molecule has 4 heteroatoms. The van der Waals surface area contributed by atoms with Crippen molar-refractivity contribution in [1.29, 1.82) is 0 Å². The Morgan fingerprint density at radius 2 is 1.92 bits per heavy atom. The lowest BCUT2D eigenvalue weighted by atomic mass is 9.76. The van der Waals surface area contributed by atoms with Gasteiger partial charge >= 0.3 is 0 Å². The van der Waals surface area contributed by atoms with E-state index >= 15 is 0 Å². The summed E-state index contributed by atoms with van der Waals surface area (Å²) in [6.45, 7) is 1.27. The number of hydrogen-bond acceptors (Lipinski definition) is 3. The summed E-state index contributed by atoms with van der Waals surface area (Å²) >= 11 is 0. The third-order valence-electron chi connectivity index (χ3n) is 4.95. The maximum absolute atomic E-state index is 12.6. The van der Waals surface area contributed by atoms with Gasteiger partial charge < -0.3 is 14.8 Å². The van der Waals surface area contributed by atoms with Gasteiger partial charge in [-0.15, -0.1) is 0 Å². The van der Waals surface area contributed by atoms with E-state index in [1.54, 1.807) is 0 Å². The number of fused-ring (bicyclic) bond motifs is 1. The second-order valence-electron chi connectivity index (χ2n) is 6.45. The molecule has 1 aliphatic heterocycles. The SMILES string of the molecule is O=C(N[C@H]1C[C@@H]2OCC[C@H]12)c1ccccc1OCc1ccccc1. The Hall–Kier alpha value is -2.33. The predicted octanol–water partition coefficient (Wildman–Crippen LogP) is 3.17. The minimum absolute atomic E-state index is 0.0611. The van der Waals surface area contributed by atoms with Crippen LogP contribution in [0.25, 0.3) is 0 Å². The topological polar surface area (TPSA) is 47.6 Å². The average molecular weight is 323 g/mol. The molecule has 1 amide bonds. The van der Waals surface area contributed by atoms with Crippen LogP contribution < -0.4 is 10.1 Å². The van der Waals surface area contributed by atoms with Gasteiger partial charge in [0.25, 0.3) is 5.91 Å². The van der Waals surface area contributed by atoms with Gasteiger partial charge in [-0.3, -0.25) is 4.79 Å². The van der Waals surface area contributed by atoms with Crippen LogP contribution in [-0.4, -0.2) is 24.7 Å². The standard InChI is InChI=1S/C20H21NO3/c22-20(21-17-12-19-15(17)10-11-23-19)16-8-4-5-9-18(16)24-13-14-6-2-1-3-7-14/h1-9,15,17,19H,10-13H2,(H,21,22)/t15-,17+,19+/m1/s1. The normalized spacial score (nSPS) is 24.8. The van der Waals surface area contributed by atoms with Gasteiger partial charge in [0, 0.05) is 18.6 Å². The molecule has 1 saturated heterocycles. The highest BCUT2D eigenvalue weighted by atomic mass is 16.5. The number of rotatable bonds is 5. The van der Waals surface area contributed by atoms with Crippen molar-refractivity contribution in [2.24, 2.45) is 5.92 Å². The van der Waals surface area contributed by atoms with Crippen molar-refractivity contribution in [2.45, 2.75) is 31.6 Å². The molecule has 1 heterocycles. The zero-order chi connectivity index (χ0) is 16.4. The number of ether oxygens (including phenoxy) is 2. The zero-order valence-electron chi connectivity index (χ0n) is 13.5. The molecule has 124 valence electrons. The van der Waals surface area contributed by atoms with Crippen molar-refractivity contribution in [3.05, 3.63) is 65.7 Å². The summed E-state index contributed by atoms with van der Waals surface area (Å²) in [6.07, 6.45) is 2.31. The number of amides is 1. The van der Waals surface area contributed by atoms with Crippen molar-refractivity contribution < 1.29 is 14.3 Å². The Bertz CT molecular complexity index is 716. The van der Waals surface area contributed by atoms with Crippen LogP contribution in [0.5, 0.6) is 5.75 Å². The highest BCUT2D eigenvalue weighted by Gasteiger charge is 2.45. The van der Waals surface area contributed by atoms with Crippen molar-refractivity contribution in [1.82, 2.24) is 5.32 Å². The van der Waals surface area contributed by atoms with Crippen LogP contribution in [-0.2, 0) is 11.3 Å². The fraction of sp³-hybridized carbons (Fsp3) is 0.350. The summed E-state index contributed by atoms with van der Waals surface area (Å²) in [5, 5.41) is 3.14. The van der Waals surface area contributed by atoms with Crippen LogP contribution in [0.15, 0.2) is 54.6 Å². The Morgan fingerprint density at radius 1 is 1.12 bits per heavy atom. The monoisotopic (exact) mass is 323 g/mol. The molecule has 4 rings (SSSR count). The summed E-state index contributed by atoms with van der Waals surface area (Å²) in [7, 11) is 0. The lowest BCUT2D eigenvalue weighted by Gasteiger charge is -2.39. The van der Waals surface area contributed by atoms with E-state index in [1.807, 2.05) is 54.6 Å². The molecule has 0 bridgehead atoms. The number of para-hydroxylation sites is 1. The van der Waals surface area contributed by atoms with E-state index in [9.17, 15) is 4.79 Å². The second-order valence-corrected chi connectivity index (χ2v) is 6.45. The zero-order valence-corrected chi connectivity index (χ0v) is 13.5. The van der Waals surface area contributed by atoms with Gasteiger partial charge in [-0.05, 0) is 30.5 Å². The first-order valence-electron chi connectivity index (χ1n) is 8.49. The largest absolute Gasteiger partial charge is 0.488 e. The molecule has 2 aliphatic rings. The van der Waals surface area contributed by atoms with Gasteiger partial charge in [0.15, 0.2) is 0 Å². The molecule has 3 atom stereocenters. The maximum atomic E-state index is 12.6. The molecule has 2 aromatic rings. The van der Waals surface area contributed by atoms with Crippen molar-refractivity contribution in [3.63, 3.8) is 0 Å². The minimum Gasteiger partial charge on any atom is -0.488 e. The summed E-state index contributed by atoms with van der Waals surface area (Å²) < 4.78 is 11.5. The Kier molecular flexibility index (Phi) is 4.22. The molecule has 24 heavy (non-hydrogen) atoms. The van der Waals surface area contributed by atoms with Crippen LogP contribution in [0, 0.1) is 5.92 Å². The second kappa shape index (κ2) is 6.65. The quantitative estimate of drug-likeness (QED) is 0.919. The Labute approximate surface area is 141 Å². The van der Waals surface area contributed by atoms with Gasteiger partial charge in [0.2, 0.25) is 0 Å². The average Bonchev–Trinajstić information content (AvgIpc) is 3.00. The van der Waals surface area contributed by atoms with E-state index in [0.29, 0.717) is 29.9 Å². The number of carbonyl (C=O) groups is 1. The smallest absolute Gasteiger partial charge is 0.255 e. The molecule has 1 saturated carbocycles. The minimum atomic E-state index is -0.0611. The fourth-order valence-electron chi connectivity index (χ4n) is 3.52.